The van der Waals surface area contributed by atoms with Gasteiger partial charge in [0.05, 0.1) is 0 Å². The van der Waals surface area contributed by atoms with Gasteiger partial charge in [0.1, 0.15) is 0 Å². The van der Waals surface area contributed by atoms with Crippen molar-refractivity contribution in [2.24, 2.45) is 0 Å². The number of hydrogen-bond acceptors (Lipinski definition) is 3. The Balaban J connectivity index is 1.79. The molecule has 1 aliphatic rings. The fourth-order valence-electron chi connectivity index (χ4n) is 3.27. The van der Waals surface area contributed by atoms with E-state index in [1.54, 1.807) is 10.4 Å². The van der Waals surface area contributed by atoms with E-state index >= 15 is 0 Å². The molecule has 0 amide bonds. The van der Waals surface area contributed by atoms with E-state index in [9.17, 15) is 0 Å². The number of nitrogens with one attached hydrogen (secondary N) is 1. The minimum Gasteiger partial charge on any atom is -0.313 e. The van der Waals surface area contributed by atoms with Crippen LogP contribution in [-0.2, 0) is 12.8 Å². The minimum absolute atomic E-state index is 0.599. The summed E-state index contributed by atoms with van der Waals surface area (Å²) >= 11 is 3.85. The van der Waals surface area contributed by atoms with Gasteiger partial charge in [0.2, 0.25) is 0 Å². The molecule has 0 spiro atoms. The van der Waals surface area contributed by atoms with Crippen molar-refractivity contribution in [1.29, 1.82) is 0 Å². The highest BCUT2D eigenvalue weighted by Gasteiger charge is 2.28. The predicted molar refractivity (Wildman–Crippen MR) is 90.1 cm³/mol. The Labute approximate surface area is 130 Å². The average Bonchev–Trinajstić information content (AvgIpc) is 3.13. The summed E-state index contributed by atoms with van der Waals surface area (Å²) in [6.45, 7) is 3.39. The predicted octanol–water partition coefficient (Wildman–Crippen LogP) is 4.84. The zero-order valence-electron chi connectivity index (χ0n) is 12.1. The summed E-state index contributed by atoms with van der Waals surface area (Å²) < 4.78 is 0. The van der Waals surface area contributed by atoms with Crippen molar-refractivity contribution in [1.82, 2.24) is 5.32 Å². The van der Waals surface area contributed by atoms with Gasteiger partial charge in [-0.15, -0.1) is 22.7 Å². The second kappa shape index (κ2) is 6.88. The highest BCUT2D eigenvalue weighted by Crippen LogP contribution is 2.38. The van der Waals surface area contributed by atoms with Crippen molar-refractivity contribution in [3.8, 4) is 0 Å². The monoisotopic (exact) mass is 305 g/mol. The van der Waals surface area contributed by atoms with Gasteiger partial charge < -0.3 is 5.32 Å². The van der Waals surface area contributed by atoms with Crippen LogP contribution < -0.4 is 5.32 Å². The van der Waals surface area contributed by atoms with E-state index in [1.807, 2.05) is 22.7 Å². The summed E-state index contributed by atoms with van der Waals surface area (Å²) in [5.41, 5.74) is 1.63. The molecule has 20 heavy (non-hydrogen) atoms. The zero-order chi connectivity index (χ0) is 13.8. The molecule has 0 bridgehead atoms. The maximum atomic E-state index is 3.82. The van der Waals surface area contributed by atoms with Gasteiger partial charge in [-0.05, 0) is 67.1 Å². The second-order valence-corrected chi connectivity index (χ2v) is 7.67. The van der Waals surface area contributed by atoms with E-state index in [-0.39, 0.29) is 0 Å². The molecule has 0 saturated carbocycles. The van der Waals surface area contributed by atoms with E-state index in [4.69, 9.17) is 0 Å². The van der Waals surface area contributed by atoms with Crippen molar-refractivity contribution < 1.29 is 0 Å². The molecule has 0 aliphatic heterocycles. The van der Waals surface area contributed by atoms with Crippen molar-refractivity contribution >= 4 is 22.7 Å². The molecule has 0 fully saturated rings. The van der Waals surface area contributed by atoms with Crippen molar-refractivity contribution in [3.63, 3.8) is 0 Å². The molecule has 2 unspecified atom stereocenters. The fraction of sp³-hybridized carbons (Fsp3) is 0.529. The van der Waals surface area contributed by atoms with E-state index < -0.39 is 0 Å². The third-order valence-electron chi connectivity index (χ3n) is 4.24. The third-order valence-corrected chi connectivity index (χ3v) is 6.14. The smallest absolute Gasteiger partial charge is 0.0184 e. The quantitative estimate of drug-likeness (QED) is 0.805. The van der Waals surface area contributed by atoms with E-state index in [1.165, 1.54) is 37.0 Å². The lowest BCUT2D eigenvalue weighted by molar-refractivity contribution is 0.393. The summed E-state index contributed by atoms with van der Waals surface area (Å²) in [5.74, 6) is 0.707. The maximum absolute atomic E-state index is 3.82. The van der Waals surface area contributed by atoms with Crippen LogP contribution in [0, 0.1) is 0 Å². The van der Waals surface area contributed by atoms with Crippen LogP contribution in [0.5, 0.6) is 0 Å². The molecule has 2 heterocycles. The summed E-state index contributed by atoms with van der Waals surface area (Å²) in [5, 5.41) is 8.30. The molecule has 1 nitrogen and oxygen atoms in total. The van der Waals surface area contributed by atoms with Gasteiger partial charge in [-0.3, -0.25) is 0 Å². The first kappa shape index (κ1) is 14.3. The van der Waals surface area contributed by atoms with Crippen LogP contribution in [0.15, 0.2) is 29.0 Å². The van der Waals surface area contributed by atoms with Crippen LogP contribution in [0.3, 0.4) is 0 Å². The van der Waals surface area contributed by atoms with Crippen LogP contribution in [0.2, 0.25) is 0 Å². The first-order valence-corrected chi connectivity index (χ1v) is 9.46. The van der Waals surface area contributed by atoms with E-state index in [2.05, 4.69) is 41.2 Å². The molecule has 2 aromatic heterocycles. The Kier molecular flexibility index (Phi) is 4.92. The number of aryl methyl sites for hydroxylation is 1. The second-order valence-electron chi connectivity index (χ2n) is 5.64. The fourth-order valence-corrected chi connectivity index (χ4v) is 5.03. The Bertz CT molecular complexity index is 515. The molecule has 3 rings (SSSR count). The van der Waals surface area contributed by atoms with Crippen molar-refractivity contribution in [2.75, 3.05) is 6.54 Å². The van der Waals surface area contributed by atoms with Gasteiger partial charge in [-0.1, -0.05) is 13.0 Å². The van der Waals surface area contributed by atoms with Gasteiger partial charge >= 0.3 is 0 Å². The van der Waals surface area contributed by atoms with E-state index in [0.29, 0.717) is 12.0 Å². The Morgan fingerprint density at radius 3 is 3.05 bits per heavy atom. The summed E-state index contributed by atoms with van der Waals surface area (Å²) in [4.78, 5) is 3.15. The normalized spacial score (nSPS) is 19.8. The summed E-state index contributed by atoms with van der Waals surface area (Å²) in [6.07, 6.45) is 6.38. The molecule has 3 heteroatoms. The SMILES string of the molecule is CCCNC(Cc1cccs1)C1CCCc2sccc21. The maximum Gasteiger partial charge on any atom is 0.0184 e. The van der Waals surface area contributed by atoms with Gasteiger partial charge in [0.25, 0.3) is 0 Å². The Morgan fingerprint density at radius 1 is 1.30 bits per heavy atom. The van der Waals surface area contributed by atoms with E-state index in [0.717, 1.165) is 6.54 Å². The highest BCUT2D eigenvalue weighted by molar-refractivity contribution is 7.10. The lowest BCUT2D eigenvalue weighted by atomic mass is 9.81. The number of rotatable bonds is 6. The lowest BCUT2D eigenvalue weighted by Gasteiger charge is -2.31. The summed E-state index contributed by atoms with van der Waals surface area (Å²) in [7, 11) is 0. The number of thiophene rings is 2. The van der Waals surface area contributed by atoms with Crippen LogP contribution in [-0.4, -0.2) is 12.6 Å². The molecule has 1 N–H and O–H groups in total. The van der Waals surface area contributed by atoms with Crippen LogP contribution >= 0.6 is 22.7 Å². The van der Waals surface area contributed by atoms with Gasteiger partial charge in [-0.2, -0.15) is 0 Å². The van der Waals surface area contributed by atoms with Crippen molar-refractivity contribution in [2.45, 2.75) is 51.0 Å². The number of fused-ring (bicyclic) bond motifs is 1. The summed E-state index contributed by atoms with van der Waals surface area (Å²) in [6, 6.07) is 7.43. The van der Waals surface area contributed by atoms with Crippen LogP contribution in [0.1, 0.15) is 47.4 Å². The Morgan fingerprint density at radius 2 is 2.25 bits per heavy atom. The highest BCUT2D eigenvalue weighted by atomic mass is 32.1. The topological polar surface area (TPSA) is 12.0 Å². The third kappa shape index (κ3) is 3.16. The molecule has 2 atom stereocenters. The molecule has 108 valence electrons. The Hall–Kier alpha value is -0.640. The molecule has 0 saturated heterocycles. The largest absolute Gasteiger partial charge is 0.313 e. The minimum atomic E-state index is 0.599. The first-order chi connectivity index (χ1) is 9.88. The molecular weight excluding hydrogens is 282 g/mol. The first-order valence-electron chi connectivity index (χ1n) is 7.70. The molecule has 0 radical (unpaired) electrons. The van der Waals surface area contributed by atoms with Gasteiger partial charge in [0.15, 0.2) is 0 Å². The molecule has 0 aromatic carbocycles. The van der Waals surface area contributed by atoms with Crippen LogP contribution in [0.4, 0.5) is 0 Å². The zero-order valence-corrected chi connectivity index (χ0v) is 13.7. The van der Waals surface area contributed by atoms with Crippen molar-refractivity contribution in [3.05, 3.63) is 44.3 Å². The van der Waals surface area contributed by atoms with Crippen LogP contribution in [0.25, 0.3) is 0 Å². The molecule has 2 aromatic rings. The van der Waals surface area contributed by atoms with Gasteiger partial charge in [0, 0.05) is 21.7 Å². The van der Waals surface area contributed by atoms with Gasteiger partial charge in [-0.25, -0.2) is 0 Å². The molecular formula is C17H23NS2. The molecule has 1 aliphatic carbocycles. The standard InChI is InChI=1S/C17H23NS2/c1-2-9-18-16(12-13-5-4-10-19-13)14-6-3-7-17-15(14)8-11-20-17/h4-5,8,10-11,14,16,18H,2-3,6-7,9,12H2,1H3. The lowest BCUT2D eigenvalue weighted by Crippen LogP contribution is -2.38. The number of hydrogen-bond donors (Lipinski definition) is 1. The average molecular weight is 306 g/mol.